The number of benzene rings is 3. The minimum Gasteiger partial charge on any atom is -0.495 e. The van der Waals surface area contributed by atoms with Gasteiger partial charge in [0.15, 0.2) is 0 Å². The highest BCUT2D eigenvalue weighted by atomic mass is 35.5. The Hall–Kier alpha value is -3.68. The Morgan fingerprint density at radius 2 is 1.67 bits per heavy atom. The van der Waals surface area contributed by atoms with Crippen LogP contribution in [0.25, 0.3) is 11.1 Å². The highest BCUT2D eigenvalue weighted by Crippen LogP contribution is 2.35. The number of aryl methyl sites for hydroxylation is 1. The molecule has 6 nitrogen and oxygen atoms in total. The van der Waals surface area contributed by atoms with E-state index >= 15 is 0 Å². The maximum absolute atomic E-state index is 14.8. The fraction of sp³-hybridized carbons (Fsp3) is 0.214. The number of aromatic nitrogens is 2. The second-order valence-electron chi connectivity index (χ2n) is 8.62. The Balaban J connectivity index is 1.98. The van der Waals surface area contributed by atoms with Crippen molar-refractivity contribution < 1.29 is 9.13 Å². The number of methoxy groups -OCH3 is 1. The molecule has 1 heterocycles. The summed E-state index contributed by atoms with van der Waals surface area (Å²) in [6.45, 7) is 3.32. The quantitative estimate of drug-likeness (QED) is 0.388. The molecule has 0 aliphatic heterocycles. The van der Waals surface area contributed by atoms with E-state index in [1.165, 1.54) is 17.7 Å². The van der Waals surface area contributed by atoms with E-state index in [1.54, 1.807) is 44.2 Å². The van der Waals surface area contributed by atoms with Crippen LogP contribution in [0, 0.1) is 19.7 Å². The Labute approximate surface area is 213 Å². The van der Waals surface area contributed by atoms with Crippen LogP contribution < -0.4 is 21.7 Å². The van der Waals surface area contributed by atoms with E-state index in [-0.39, 0.29) is 23.7 Å². The van der Waals surface area contributed by atoms with Crippen LogP contribution in [-0.2, 0) is 13.1 Å². The van der Waals surface area contributed by atoms with Crippen LogP contribution >= 0.6 is 11.6 Å². The molecule has 1 aromatic heterocycles. The molecular formula is C28H27ClFN3O3. The highest BCUT2D eigenvalue weighted by Gasteiger charge is 2.23. The zero-order valence-electron chi connectivity index (χ0n) is 20.3. The van der Waals surface area contributed by atoms with Crippen molar-refractivity contribution in [2.24, 2.45) is 5.73 Å². The van der Waals surface area contributed by atoms with Gasteiger partial charge >= 0.3 is 5.69 Å². The molecular weight excluding hydrogens is 481 g/mol. The minimum atomic E-state index is -0.614. The summed E-state index contributed by atoms with van der Waals surface area (Å²) < 4.78 is 22.6. The molecule has 0 spiro atoms. The van der Waals surface area contributed by atoms with Gasteiger partial charge in [0.1, 0.15) is 11.6 Å². The van der Waals surface area contributed by atoms with Gasteiger partial charge < -0.3 is 10.5 Å². The van der Waals surface area contributed by atoms with Crippen molar-refractivity contribution in [3.63, 3.8) is 0 Å². The lowest BCUT2D eigenvalue weighted by Gasteiger charge is -2.21. The van der Waals surface area contributed by atoms with Gasteiger partial charge in [-0.1, -0.05) is 66.2 Å². The van der Waals surface area contributed by atoms with Crippen LogP contribution in [0.4, 0.5) is 4.39 Å². The molecule has 36 heavy (non-hydrogen) atoms. The summed E-state index contributed by atoms with van der Waals surface area (Å²) in [4.78, 5) is 27.5. The molecule has 2 N–H and O–H groups in total. The zero-order chi connectivity index (χ0) is 26.0. The largest absolute Gasteiger partial charge is 0.495 e. The number of hydrogen-bond donors (Lipinski definition) is 1. The van der Waals surface area contributed by atoms with E-state index in [0.29, 0.717) is 28.1 Å². The number of ether oxygens (including phenoxy) is 1. The van der Waals surface area contributed by atoms with Gasteiger partial charge in [-0.25, -0.2) is 9.18 Å². The maximum atomic E-state index is 14.8. The van der Waals surface area contributed by atoms with Crippen molar-refractivity contribution in [3.8, 4) is 16.9 Å². The minimum absolute atomic E-state index is 0.0569. The lowest BCUT2D eigenvalue weighted by molar-refractivity contribution is 0.415. The lowest BCUT2D eigenvalue weighted by Crippen LogP contribution is -2.44. The van der Waals surface area contributed by atoms with E-state index in [0.717, 1.165) is 10.1 Å². The molecule has 1 atom stereocenters. The summed E-state index contributed by atoms with van der Waals surface area (Å²) in [6, 6.07) is 18.4. The summed E-state index contributed by atoms with van der Waals surface area (Å²) >= 11 is 6.60. The third-order valence-corrected chi connectivity index (χ3v) is 6.81. The summed E-state index contributed by atoms with van der Waals surface area (Å²) in [5.74, 6) is -0.0378. The van der Waals surface area contributed by atoms with Gasteiger partial charge in [0, 0.05) is 22.9 Å². The molecule has 0 bridgehead atoms. The summed E-state index contributed by atoms with van der Waals surface area (Å²) in [7, 11) is 1.48. The predicted octanol–water partition coefficient (Wildman–Crippen LogP) is 4.84. The summed E-state index contributed by atoms with van der Waals surface area (Å²) in [5, 5.41) is 0.242. The van der Waals surface area contributed by atoms with Crippen LogP contribution in [0.15, 0.2) is 76.3 Å². The van der Waals surface area contributed by atoms with Gasteiger partial charge in [-0.15, -0.1) is 0 Å². The first-order valence-corrected chi connectivity index (χ1v) is 11.8. The van der Waals surface area contributed by atoms with Gasteiger partial charge in [0.05, 0.1) is 30.8 Å². The van der Waals surface area contributed by atoms with Crippen molar-refractivity contribution in [2.45, 2.75) is 33.0 Å². The second kappa shape index (κ2) is 10.5. The molecule has 4 rings (SSSR count). The van der Waals surface area contributed by atoms with Gasteiger partial charge in [-0.2, -0.15) is 0 Å². The van der Waals surface area contributed by atoms with Crippen LogP contribution in [0.5, 0.6) is 5.75 Å². The number of halogens is 2. The Bertz CT molecular complexity index is 1510. The van der Waals surface area contributed by atoms with Crippen LogP contribution in [0.2, 0.25) is 5.02 Å². The fourth-order valence-corrected chi connectivity index (χ4v) is 4.64. The SMILES string of the molecule is COc1cccc(-c2c(C)n(Cc3c(C)cccc3F)c(=O)n(C[C@H](N)c3ccccc3)c2=O)c1Cl. The molecule has 0 fully saturated rings. The topological polar surface area (TPSA) is 79.2 Å². The third kappa shape index (κ3) is 4.72. The smallest absolute Gasteiger partial charge is 0.331 e. The van der Waals surface area contributed by atoms with Crippen LogP contribution in [0.1, 0.15) is 28.4 Å². The monoisotopic (exact) mass is 507 g/mol. The van der Waals surface area contributed by atoms with Crippen LogP contribution in [0.3, 0.4) is 0 Å². The molecule has 0 radical (unpaired) electrons. The lowest BCUT2D eigenvalue weighted by atomic mass is 10.0. The number of rotatable bonds is 7. The molecule has 0 aliphatic carbocycles. The molecule has 3 aromatic carbocycles. The Morgan fingerprint density at radius 3 is 2.33 bits per heavy atom. The molecule has 0 amide bonds. The molecule has 186 valence electrons. The first-order valence-electron chi connectivity index (χ1n) is 11.5. The Morgan fingerprint density at radius 1 is 0.972 bits per heavy atom. The van der Waals surface area contributed by atoms with Crippen LogP contribution in [-0.4, -0.2) is 16.2 Å². The zero-order valence-corrected chi connectivity index (χ0v) is 21.1. The average molecular weight is 508 g/mol. The van der Waals surface area contributed by atoms with E-state index in [9.17, 15) is 14.0 Å². The number of nitrogens with zero attached hydrogens (tertiary/aromatic N) is 2. The summed E-state index contributed by atoms with van der Waals surface area (Å²) in [5.41, 5.74) is 8.15. The number of nitrogens with two attached hydrogens (primary N) is 1. The molecule has 0 unspecified atom stereocenters. The van der Waals surface area contributed by atoms with Crippen molar-refractivity contribution in [2.75, 3.05) is 7.11 Å². The summed E-state index contributed by atoms with van der Waals surface area (Å²) in [6.07, 6.45) is 0. The molecule has 4 aromatic rings. The molecule has 0 saturated carbocycles. The van der Waals surface area contributed by atoms with Gasteiger partial charge in [-0.3, -0.25) is 13.9 Å². The second-order valence-corrected chi connectivity index (χ2v) is 9.00. The van der Waals surface area contributed by atoms with E-state index in [1.807, 2.05) is 30.3 Å². The fourth-order valence-electron chi connectivity index (χ4n) is 4.35. The third-order valence-electron chi connectivity index (χ3n) is 6.42. The predicted molar refractivity (Wildman–Crippen MR) is 140 cm³/mol. The highest BCUT2D eigenvalue weighted by molar-refractivity contribution is 6.34. The number of hydrogen-bond acceptors (Lipinski definition) is 4. The van der Waals surface area contributed by atoms with Gasteiger partial charge in [-0.05, 0) is 37.1 Å². The van der Waals surface area contributed by atoms with E-state index in [4.69, 9.17) is 22.1 Å². The van der Waals surface area contributed by atoms with Crippen molar-refractivity contribution >= 4 is 11.6 Å². The normalized spacial score (nSPS) is 11.9. The van der Waals surface area contributed by atoms with Crippen molar-refractivity contribution in [1.29, 1.82) is 0 Å². The van der Waals surface area contributed by atoms with E-state index < -0.39 is 23.1 Å². The van der Waals surface area contributed by atoms with Crippen molar-refractivity contribution in [3.05, 3.63) is 121 Å². The van der Waals surface area contributed by atoms with E-state index in [2.05, 4.69) is 0 Å². The average Bonchev–Trinajstić information content (AvgIpc) is 2.87. The Kier molecular flexibility index (Phi) is 7.43. The maximum Gasteiger partial charge on any atom is 0.331 e. The molecule has 8 heteroatoms. The van der Waals surface area contributed by atoms with Gasteiger partial charge in [0.25, 0.3) is 5.56 Å². The first kappa shape index (κ1) is 25.4. The van der Waals surface area contributed by atoms with Gasteiger partial charge in [0.2, 0.25) is 0 Å². The molecule has 0 aliphatic rings. The van der Waals surface area contributed by atoms with Crippen molar-refractivity contribution in [1.82, 2.24) is 9.13 Å². The standard InChI is InChI=1S/C28H27ClFN3O3/c1-17-9-7-13-22(30)21(17)15-32-18(2)25(20-12-8-14-24(36-3)26(20)29)27(34)33(28(32)35)16-23(31)19-10-5-4-6-11-19/h4-14,23H,15-16,31H2,1-3H3/t23-/m0/s1. The first-order chi connectivity index (χ1) is 17.2. The molecule has 0 saturated heterocycles.